The van der Waals surface area contributed by atoms with Crippen LogP contribution in [-0.4, -0.2) is 25.9 Å². The highest BCUT2D eigenvalue weighted by molar-refractivity contribution is 6.17. The molecule has 0 rings (SSSR count). The fourth-order valence-corrected chi connectivity index (χ4v) is 0.587. The van der Waals surface area contributed by atoms with Gasteiger partial charge in [0.05, 0.1) is 6.61 Å². The van der Waals surface area contributed by atoms with E-state index in [4.69, 9.17) is 21.1 Å². The largest absolute Gasteiger partial charge is 0.355 e. The molecule has 0 saturated heterocycles. The van der Waals surface area contributed by atoms with E-state index in [2.05, 4.69) is 6.92 Å². The van der Waals surface area contributed by atoms with Crippen molar-refractivity contribution >= 4 is 11.6 Å². The quantitative estimate of drug-likeness (QED) is 0.327. The highest BCUT2D eigenvalue weighted by Gasteiger charge is 1.86. The summed E-state index contributed by atoms with van der Waals surface area (Å²) in [6.07, 6.45) is 2.26. The molecule has 0 saturated carbocycles. The summed E-state index contributed by atoms with van der Waals surface area (Å²) in [5.41, 5.74) is 0. The van der Waals surface area contributed by atoms with Crippen LogP contribution in [0, 0.1) is 0 Å². The average Bonchev–Trinajstić information content (AvgIpc) is 1.97. The first-order valence-corrected chi connectivity index (χ1v) is 4.16. The smallest absolute Gasteiger partial charge is 0.146 e. The van der Waals surface area contributed by atoms with Crippen LogP contribution >= 0.6 is 11.6 Å². The molecule has 2 nitrogen and oxygen atoms in total. The van der Waals surface area contributed by atoms with Crippen LogP contribution < -0.4 is 0 Å². The van der Waals surface area contributed by atoms with Crippen molar-refractivity contribution in [2.75, 3.05) is 25.9 Å². The molecule has 0 aromatic heterocycles. The molecule has 0 N–H and O–H groups in total. The van der Waals surface area contributed by atoms with E-state index >= 15 is 0 Å². The van der Waals surface area contributed by atoms with Gasteiger partial charge >= 0.3 is 0 Å². The Hall–Kier alpha value is 0.210. The Balaban J connectivity index is 2.65. The van der Waals surface area contributed by atoms with E-state index in [9.17, 15) is 0 Å². The SMILES string of the molecule is CCCCOCOCCCl. The van der Waals surface area contributed by atoms with Crippen LogP contribution in [0.2, 0.25) is 0 Å². The highest BCUT2D eigenvalue weighted by atomic mass is 35.5. The first kappa shape index (κ1) is 10.2. The van der Waals surface area contributed by atoms with Crippen LogP contribution in [0.5, 0.6) is 0 Å². The van der Waals surface area contributed by atoms with Crippen LogP contribution in [0.25, 0.3) is 0 Å². The number of hydrogen-bond acceptors (Lipinski definition) is 2. The summed E-state index contributed by atoms with van der Waals surface area (Å²) < 4.78 is 10.1. The predicted molar refractivity (Wildman–Crippen MR) is 42.4 cm³/mol. The molecule has 0 bridgehead atoms. The van der Waals surface area contributed by atoms with Gasteiger partial charge < -0.3 is 9.47 Å². The molecule has 62 valence electrons. The minimum absolute atomic E-state index is 0.382. The van der Waals surface area contributed by atoms with Gasteiger partial charge in [-0.05, 0) is 6.42 Å². The molecule has 0 aliphatic carbocycles. The molecular weight excluding hydrogens is 152 g/mol. The van der Waals surface area contributed by atoms with Gasteiger partial charge in [0, 0.05) is 12.5 Å². The lowest BCUT2D eigenvalue weighted by Crippen LogP contribution is -2.03. The first-order valence-electron chi connectivity index (χ1n) is 3.63. The summed E-state index contributed by atoms with van der Waals surface area (Å²) in [7, 11) is 0. The molecule has 0 aliphatic rings. The molecule has 0 aromatic rings. The van der Waals surface area contributed by atoms with Crippen molar-refractivity contribution < 1.29 is 9.47 Å². The van der Waals surface area contributed by atoms with E-state index in [-0.39, 0.29) is 0 Å². The van der Waals surface area contributed by atoms with Crippen molar-refractivity contribution in [3.63, 3.8) is 0 Å². The Morgan fingerprint density at radius 2 is 1.90 bits per heavy atom. The average molecular weight is 167 g/mol. The lowest BCUT2D eigenvalue weighted by Gasteiger charge is -2.02. The predicted octanol–water partition coefficient (Wildman–Crippen LogP) is 2.02. The number of ether oxygens (including phenoxy) is 2. The molecule has 0 aliphatic heterocycles. The van der Waals surface area contributed by atoms with Crippen LogP contribution in [0.15, 0.2) is 0 Å². The van der Waals surface area contributed by atoms with Gasteiger partial charge in [-0.3, -0.25) is 0 Å². The number of halogens is 1. The minimum atomic E-state index is 0.382. The second-order valence-corrected chi connectivity index (χ2v) is 2.35. The van der Waals surface area contributed by atoms with E-state index < -0.39 is 0 Å². The number of alkyl halides is 1. The van der Waals surface area contributed by atoms with Gasteiger partial charge in [0.25, 0.3) is 0 Å². The Morgan fingerprint density at radius 1 is 1.20 bits per heavy atom. The van der Waals surface area contributed by atoms with Gasteiger partial charge in [0.2, 0.25) is 0 Å². The molecule has 0 heterocycles. The van der Waals surface area contributed by atoms with Crippen molar-refractivity contribution in [3.05, 3.63) is 0 Å². The molecule has 0 radical (unpaired) electrons. The normalized spacial score (nSPS) is 10.2. The molecule has 0 aromatic carbocycles. The van der Waals surface area contributed by atoms with Crippen molar-refractivity contribution in [2.24, 2.45) is 0 Å². The Kier molecular flexibility index (Phi) is 9.40. The number of unbranched alkanes of at least 4 members (excludes halogenated alkanes) is 1. The summed E-state index contributed by atoms with van der Waals surface area (Å²) in [5, 5.41) is 0. The molecule has 3 heteroatoms. The second kappa shape index (κ2) is 9.21. The zero-order valence-electron chi connectivity index (χ0n) is 6.44. The second-order valence-electron chi connectivity index (χ2n) is 1.98. The van der Waals surface area contributed by atoms with Crippen molar-refractivity contribution in [2.45, 2.75) is 19.8 Å². The van der Waals surface area contributed by atoms with Crippen molar-refractivity contribution in [1.29, 1.82) is 0 Å². The Morgan fingerprint density at radius 3 is 2.50 bits per heavy atom. The van der Waals surface area contributed by atoms with Crippen molar-refractivity contribution in [3.8, 4) is 0 Å². The Labute approximate surface area is 67.5 Å². The van der Waals surface area contributed by atoms with Gasteiger partial charge in [0.1, 0.15) is 6.79 Å². The third-order valence-electron chi connectivity index (χ3n) is 1.03. The molecule has 0 atom stereocenters. The van der Waals surface area contributed by atoms with E-state index in [0.717, 1.165) is 19.4 Å². The first-order chi connectivity index (χ1) is 4.91. The summed E-state index contributed by atoms with van der Waals surface area (Å²) in [6.45, 7) is 3.88. The van der Waals surface area contributed by atoms with Gasteiger partial charge in [-0.2, -0.15) is 0 Å². The van der Waals surface area contributed by atoms with Gasteiger partial charge in [-0.15, -0.1) is 11.6 Å². The summed E-state index contributed by atoms with van der Waals surface area (Å²) in [5.74, 6) is 0.539. The van der Waals surface area contributed by atoms with E-state index in [0.29, 0.717) is 19.3 Å². The third kappa shape index (κ3) is 8.21. The van der Waals surface area contributed by atoms with E-state index in [1.807, 2.05) is 0 Å². The maximum Gasteiger partial charge on any atom is 0.146 e. The molecule has 0 unspecified atom stereocenters. The van der Waals surface area contributed by atoms with Crippen LogP contribution in [0.4, 0.5) is 0 Å². The molecule has 0 amide bonds. The third-order valence-corrected chi connectivity index (χ3v) is 1.18. The molecular formula is C7H15ClO2. The molecule has 0 fully saturated rings. The van der Waals surface area contributed by atoms with Crippen molar-refractivity contribution in [1.82, 2.24) is 0 Å². The highest BCUT2D eigenvalue weighted by Crippen LogP contribution is 1.88. The van der Waals surface area contributed by atoms with Gasteiger partial charge in [-0.1, -0.05) is 13.3 Å². The van der Waals surface area contributed by atoms with Crippen LogP contribution in [0.3, 0.4) is 0 Å². The molecule has 10 heavy (non-hydrogen) atoms. The van der Waals surface area contributed by atoms with Gasteiger partial charge in [-0.25, -0.2) is 0 Å². The van der Waals surface area contributed by atoms with Crippen LogP contribution in [0.1, 0.15) is 19.8 Å². The lowest BCUT2D eigenvalue weighted by molar-refractivity contribution is -0.0492. The number of rotatable bonds is 7. The van der Waals surface area contributed by atoms with Gasteiger partial charge in [0.15, 0.2) is 0 Å². The maximum atomic E-state index is 5.36. The van der Waals surface area contributed by atoms with E-state index in [1.54, 1.807) is 0 Å². The lowest BCUT2D eigenvalue weighted by atomic mass is 10.4. The standard InChI is InChI=1S/C7H15ClO2/c1-2-3-5-9-7-10-6-4-8/h2-7H2,1H3. The van der Waals surface area contributed by atoms with Crippen LogP contribution in [-0.2, 0) is 9.47 Å². The monoisotopic (exact) mass is 166 g/mol. The Bertz CT molecular complexity index is 51.6. The summed E-state index contributed by atoms with van der Waals surface area (Å²) in [6, 6.07) is 0. The molecule has 0 spiro atoms. The number of hydrogen-bond donors (Lipinski definition) is 0. The van der Waals surface area contributed by atoms with E-state index in [1.165, 1.54) is 0 Å². The summed E-state index contributed by atoms with van der Waals surface area (Å²) >= 11 is 5.36. The maximum absolute atomic E-state index is 5.36. The summed E-state index contributed by atoms with van der Waals surface area (Å²) in [4.78, 5) is 0. The zero-order chi connectivity index (χ0) is 7.66. The fourth-order valence-electron chi connectivity index (χ4n) is 0.478. The topological polar surface area (TPSA) is 18.5 Å². The zero-order valence-corrected chi connectivity index (χ0v) is 7.19. The fraction of sp³-hybridized carbons (Fsp3) is 1.00. The minimum Gasteiger partial charge on any atom is -0.355 e.